The lowest BCUT2D eigenvalue weighted by Crippen LogP contribution is -2.17. The minimum atomic E-state index is -4.68. The van der Waals surface area contributed by atoms with Crippen molar-refractivity contribution in [2.24, 2.45) is 0 Å². The average Bonchev–Trinajstić information content (AvgIpc) is 2.40. The van der Waals surface area contributed by atoms with E-state index in [1.165, 1.54) is 12.1 Å². The van der Waals surface area contributed by atoms with Gasteiger partial charge in [-0.2, -0.15) is 0 Å². The Morgan fingerprint density at radius 2 is 1.41 bits per heavy atom. The molecule has 0 N–H and O–H groups in total. The van der Waals surface area contributed by atoms with E-state index in [9.17, 15) is 13.2 Å². The Kier molecular flexibility index (Phi) is 4.50. The van der Waals surface area contributed by atoms with E-state index in [-0.39, 0.29) is 5.75 Å². The van der Waals surface area contributed by atoms with Gasteiger partial charge in [-0.3, -0.25) is 0 Å². The van der Waals surface area contributed by atoms with E-state index >= 15 is 0 Å². The average molecular weight is 308 g/mol. The van der Waals surface area contributed by atoms with Crippen LogP contribution in [0, 0.1) is 13.8 Å². The molecule has 0 aliphatic rings. The third kappa shape index (κ3) is 3.81. The highest BCUT2D eigenvalue weighted by molar-refractivity contribution is 5.72. The first-order valence-corrected chi connectivity index (χ1v) is 7.14. The molecular formula is C18H19F3O. The molecule has 2 aromatic carbocycles. The predicted molar refractivity (Wildman–Crippen MR) is 82.1 cm³/mol. The highest BCUT2D eigenvalue weighted by atomic mass is 19.4. The lowest BCUT2D eigenvalue weighted by atomic mass is 9.92. The van der Waals surface area contributed by atoms with Crippen molar-refractivity contribution < 1.29 is 17.9 Å². The number of rotatable bonds is 3. The molecule has 2 aromatic rings. The molecule has 0 spiro atoms. The van der Waals surface area contributed by atoms with E-state index in [1.54, 1.807) is 6.07 Å². The Bertz CT molecular complexity index is 673. The number of hydrogen-bond donors (Lipinski definition) is 0. The molecule has 4 heteroatoms. The number of aryl methyl sites for hydroxylation is 2. The van der Waals surface area contributed by atoms with Crippen molar-refractivity contribution in [3.05, 3.63) is 53.1 Å². The summed E-state index contributed by atoms with van der Waals surface area (Å²) in [6.45, 7) is 8.01. The maximum absolute atomic E-state index is 12.4. The van der Waals surface area contributed by atoms with Crippen LogP contribution in [0.2, 0.25) is 0 Å². The molecule has 0 aromatic heterocycles. The van der Waals surface area contributed by atoms with Crippen LogP contribution in [0.4, 0.5) is 13.2 Å². The standard InChI is InChI=1S/C18H19F3O/c1-11(2)14-7-5-12(3)16(9-14)17-10-15(8-6-13(17)4)22-18(19,20)21/h5-11H,1-4H3. The summed E-state index contributed by atoms with van der Waals surface area (Å²) in [6, 6.07) is 10.5. The minimum absolute atomic E-state index is 0.192. The summed E-state index contributed by atoms with van der Waals surface area (Å²) in [5.41, 5.74) is 4.80. The number of benzene rings is 2. The second-order valence-corrected chi connectivity index (χ2v) is 5.75. The van der Waals surface area contributed by atoms with Crippen molar-refractivity contribution in [1.82, 2.24) is 0 Å². The third-order valence-electron chi connectivity index (χ3n) is 3.66. The number of halogens is 3. The molecule has 22 heavy (non-hydrogen) atoms. The normalized spacial score (nSPS) is 11.8. The fourth-order valence-electron chi connectivity index (χ4n) is 2.38. The maximum atomic E-state index is 12.4. The molecule has 0 saturated carbocycles. The maximum Gasteiger partial charge on any atom is 0.573 e. The van der Waals surface area contributed by atoms with Crippen molar-refractivity contribution in [3.63, 3.8) is 0 Å². The fourth-order valence-corrected chi connectivity index (χ4v) is 2.38. The van der Waals surface area contributed by atoms with E-state index < -0.39 is 6.36 Å². The topological polar surface area (TPSA) is 9.23 Å². The van der Waals surface area contributed by atoms with E-state index in [2.05, 4.69) is 24.7 Å². The van der Waals surface area contributed by atoms with Gasteiger partial charge in [0.25, 0.3) is 0 Å². The largest absolute Gasteiger partial charge is 0.573 e. The zero-order valence-corrected chi connectivity index (χ0v) is 13.1. The summed E-state index contributed by atoms with van der Waals surface area (Å²) in [5.74, 6) is 0.164. The molecule has 1 nitrogen and oxygen atoms in total. The first-order chi connectivity index (χ1) is 10.2. The van der Waals surface area contributed by atoms with Crippen LogP contribution in [0.5, 0.6) is 5.75 Å². The monoisotopic (exact) mass is 308 g/mol. The van der Waals surface area contributed by atoms with Crippen LogP contribution in [-0.2, 0) is 0 Å². The molecule has 0 amide bonds. The predicted octanol–water partition coefficient (Wildman–Crippen LogP) is 5.99. The first-order valence-electron chi connectivity index (χ1n) is 7.14. The highest BCUT2D eigenvalue weighted by Gasteiger charge is 2.31. The van der Waals surface area contributed by atoms with Crippen LogP contribution in [0.1, 0.15) is 36.5 Å². The molecule has 0 heterocycles. The SMILES string of the molecule is Cc1ccc(OC(F)(F)F)cc1-c1cc(C(C)C)ccc1C. The van der Waals surface area contributed by atoms with Crippen molar-refractivity contribution in [1.29, 1.82) is 0 Å². The van der Waals surface area contributed by atoms with Crippen molar-refractivity contribution >= 4 is 0 Å². The van der Waals surface area contributed by atoms with Gasteiger partial charge in [-0.1, -0.05) is 38.1 Å². The molecule has 0 aliphatic carbocycles. The van der Waals surface area contributed by atoms with Crippen LogP contribution in [0.25, 0.3) is 11.1 Å². The molecular weight excluding hydrogens is 289 g/mol. The van der Waals surface area contributed by atoms with E-state index in [1.807, 2.05) is 26.0 Å². The Hall–Kier alpha value is -1.97. The zero-order chi connectivity index (χ0) is 16.5. The molecule has 0 saturated heterocycles. The minimum Gasteiger partial charge on any atom is -0.406 e. The van der Waals surface area contributed by atoms with Gasteiger partial charge in [-0.15, -0.1) is 13.2 Å². The quantitative estimate of drug-likeness (QED) is 0.676. The summed E-state index contributed by atoms with van der Waals surface area (Å²) in [4.78, 5) is 0. The van der Waals surface area contributed by atoms with Crippen LogP contribution in [0.15, 0.2) is 36.4 Å². The highest BCUT2D eigenvalue weighted by Crippen LogP contribution is 2.33. The van der Waals surface area contributed by atoms with Crippen LogP contribution in [0.3, 0.4) is 0 Å². The molecule has 0 fully saturated rings. The zero-order valence-electron chi connectivity index (χ0n) is 13.1. The van der Waals surface area contributed by atoms with E-state index in [4.69, 9.17) is 0 Å². The molecule has 2 rings (SSSR count). The van der Waals surface area contributed by atoms with Gasteiger partial charge < -0.3 is 4.74 Å². The van der Waals surface area contributed by atoms with Crippen LogP contribution >= 0.6 is 0 Å². The van der Waals surface area contributed by atoms with Crippen molar-refractivity contribution in [2.45, 2.75) is 40.0 Å². The molecule has 118 valence electrons. The summed E-state index contributed by atoms with van der Waals surface area (Å²) >= 11 is 0. The summed E-state index contributed by atoms with van der Waals surface area (Å²) in [7, 11) is 0. The second-order valence-electron chi connectivity index (χ2n) is 5.75. The second kappa shape index (κ2) is 6.03. The van der Waals surface area contributed by atoms with Gasteiger partial charge in [-0.05, 0) is 59.7 Å². The molecule has 0 unspecified atom stereocenters. The van der Waals surface area contributed by atoms with Gasteiger partial charge in [0.05, 0.1) is 0 Å². The van der Waals surface area contributed by atoms with Gasteiger partial charge in [0.1, 0.15) is 5.75 Å². The van der Waals surface area contributed by atoms with Gasteiger partial charge in [0.2, 0.25) is 0 Å². The lowest BCUT2D eigenvalue weighted by Gasteiger charge is -2.15. The summed E-state index contributed by atoms with van der Waals surface area (Å²) in [6.07, 6.45) is -4.68. The lowest BCUT2D eigenvalue weighted by molar-refractivity contribution is -0.274. The summed E-state index contributed by atoms with van der Waals surface area (Å²) in [5, 5.41) is 0. The van der Waals surface area contributed by atoms with Crippen LogP contribution in [-0.4, -0.2) is 6.36 Å². The molecule has 0 aliphatic heterocycles. The van der Waals surface area contributed by atoms with Crippen molar-refractivity contribution in [2.75, 3.05) is 0 Å². The van der Waals surface area contributed by atoms with Crippen molar-refractivity contribution in [3.8, 4) is 16.9 Å². The third-order valence-corrected chi connectivity index (χ3v) is 3.66. The Morgan fingerprint density at radius 1 is 0.864 bits per heavy atom. The number of alkyl halides is 3. The van der Waals surface area contributed by atoms with E-state index in [0.717, 1.165) is 27.8 Å². The van der Waals surface area contributed by atoms with Gasteiger partial charge >= 0.3 is 6.36 Å². The number of ether oxygens (including phenoxy) is 1. The fraction of sp³-hybridized carbons (Fsp3) is 0.333. The molecule has 0 atom stereocenters. The van der Waals surface area contributed by atoms with Gasteiger partial charge in [0, 0.05) is 0 Å². The summed E-state index contributed by atoms with van der Waals surface area (Å²) < 4.78 is 41.2. The Labute approximate surface area is 128 Å². The molecule has 0 bridgehead atoms. The first kappa shape index (κ1) is 16.4. The number of hydrogen-bond acceptors (Lipinski definition) is 1. The smallest absolute Gasteiger partial charge is 0.406 e. The van der Waals surface area contributed by atoms with E-state index in [0.29, 0.717) is 5.92 Å². The van der Waals surface area contributed by atoms with Gasteiger partial charge in [-0.25, -0.2) is 0 Å². The Morgan fingerprint density at radius 3 is 1.95 bits per heavy atom. The van der Waals surface area contributed by atoms with Crippen LogP contribution < -0.4 is 4.74 Å². The Balaban J connectivity index is 2.52. The van der Waals surface area contributed by atoms with Gasteiger partial charge in [0.15, 0.2) is 0 Å². The molecule has 0 radical (unpaired) electrons.